The topological polar surface area (TPSA) is 50.3 Å². The van der Waals surface area contributed by atoms with Gasteiger partial charge in [-0.2, -0.15) is 0 Å². The molecule has 2 amide bonds. The fourth-order valence-electron chi connectivity index (χ4n) is 1.74. The molecular weight excluding hydrogens is 228 g/mol. The third-order valence-electron chi connectivity index (χ3n) is 2.50. The smallest absolute Gasteiger partial charge is 0.277 e. The van der Waals surface area contributed by atoms with Crippen LogP contribution in [0.4, 0.5) is 0 Å². The molecule has 0 aliphatic carbocycles. The van der Waals surface area contributed by atoms with Crippen LogP contribution in [0.15, 0.2) is 18.3 Å². The Kier molecular flexibility index (Phi) is 2.92. The number of likely N-dealkylation sites (tertiary alicyclic amines) is 1. The highest BCUT2D eigenvalue weighted by atomic mass is 35.5. The molecule has 0 spiro atoms. The number of rotatable bonds is 1. The molecule has 1 unspecified atom stereocenters. The quantitative estimate of drug-likeness (QED) is 0.701. The average molecular weight is 239 g/mol. The van der Waals surface area contributed by atoms with Crippen LogP contribution in [-0.2, 0) is 4.79 Å². The van der Waals surface area contributed by atoms with Gasteiger partial charge in [0.05, 0.1) is 0 Å². The molecule has 0 saturated carbocycles. The Hall–Kier alpha value is -1.42. The van der Waals surface area contributed by atoms with E-state index < -0.39 is 0 Å². The van der Waals surface area contributed by atoms with Crippen molar-refractivity contribution in [1.82, 2.24) is 9.88 Å². The summed E-state index contributed by atoms with van der Waals surface area (Å²) in [6.07, 6.45) is 1.88. The number of hydrogen-bond donors (Lipinski definition) is 0. The first-order valence-electron chi connectivity index (χ1n) is 5.04. The molecule has 2 heterocycles. The van der Waals surface area contributed by atoms with Gasteiger partial charge in [0.25, 0.3) is 5.91 Å². The molecule has 84 valence electrons. The van der Waals surface area contributed by atoms with E-state index in [1.54, 1.807) is 6.07 Å². The second-order valence-electron chi connectivity index (χ2n) is 3.98. The van der Waals surface area contributed by atoms with E-state index >= 15 is 0 Å². The first-order valence-corrected chi connectivity index (χ1v) is 5.42. The third kappa shape index (κ3) is 2.07. The van der Waals surface area contributed by atoms with Crippen LogP contribution in [-0.4, -0.2) is 28.2 Å². The molecule has 1 aromatic heterocycles. The van der Waals surface area contributed by atoms with Gasteiger partial charge in [0.1, 0.15) is 5.69 Å². The Morgan fingerprint density at radius 2 is 2.38 bits per heavy atom. The first kappa shape index (κ1) is 11.1. The first-order chi connectivity index (χ1) is 7.58. The summed E-state index contributed by atoms with van der Waals surface area (Å²) in [6, 6.07) is 3.06. The van der Waals surface area contributed by atoms with Crippen molar-refractivity contribution in [3.8, 4) is 0 Å². The van der Waals surface area contributed by atoms with E-state index in [1.165, 1.54) is 17.2 Å². The lowest BCUT2D eigenvalue weighted by Crippen LogP contribution is -2.32. The van der Waals surface area contributed by atoms with Gasteiger partial charge < -0.3 is 0 Å². The number of imide groups is 1. The number of amides is 2. The van der Waals surface area contributed by atoms with Crippen LogP contribution in [0.25, 0.3) is 0 Å². The number of pyridine rings is 1. The molecule has 1 saturated heterocycles. The van der Waals surface area contributed by atoms with Gasteiger partial charge in [0, 0.05) is 24.2 Å². The second-order valence-corrected chi connectivity index (χ2v) is 4.41. The van der Waals surface area contributed by atoms with Crippen LogP contribution < -0.4 is 0 Å². The molecule has 16 heavy (non-hydrogen) atoms. The van der Waals surface area contributed by atoms with E-state index in [9.17, 15) is 9.59 Å². The van der Waals surface area contributed by atoms with Crippen molar-refractivity contribution >= 4 is 23.4 Å². The molecule has 0 N–H and O–H groups in total. The molecule has 1 aromatic rings. The summed E-state index contributed by atoms with van der Waals surface area (Å²) in [5.74, 6) is -0.285. The van der Waals surface area contributed by atoms with Gasteiger partial charge in [0.2, 0.25) is 5.91 Å². The van der Waals surface area contributed by atoms with E-state index in [0.29, 0.717) is 18.0 Å². The van der Waals surface area contributed by atoms with Crippen LogP contribution in [0.3, 0.4) is 0 Å². The third-order valence-corrected chi connectivity index (χ3v) is 2.74. The zero-order chi connectivity index (χ0) is 11.7. The zero-order valence-corrected chi connectivity index (χ0v) is 9.57. The van der Waals surface area contributed by atoms with E-state index in [0.717, 1.165) is 0 Å². The van der Waals surface area contributed by atoms with Crippen LogP contribution in [0.5, 0.6) is 0 Å². The number of aromatic nitrogens is 1. The second kappa shape index (κ2) is 4.22. The summed E-state index contributed by atoms with van der Waals surface area (Å²) >= 11 is 5.76. The molecule has 0 aromatic carbocycles. The molecule has 5 heteroatoms. The normalized spacial score (nSPS) is 20.2. The maximum absolute atomic E-state index is 11.9. The van der Waals surface area contributed by atoms with Crippen LogP contribution >= 0.6 is 11.6 Å². The Labute approximate surface area is 98.2 Å². The largest absolute Gasteiger partial charge is 0.279 e. The van der Waals surface area contributed by atoms with E-state index in [1.807, 2.05) is 6.92 Å². The van der Waals surface area contributed by atoms with E-state index in [2.05, 4.69) is 4.98 Å². The van der Waals surface area contributed by atoms with Crippen molar-refractivity contribution in [3.05, 3.63) is 29.0 Å². The molecular formula is C11H11ClN2O2. The molecule has 1 aliphatic rings. The Balaban J connectivity index is 2.23. The summed E-state index contributed by atoms with van der Waals surface area (Å²) in [6.45, 7) is 2.41. The van der Waals surface area contributed by atoms with Crippen LogP contribution in [0.2, 0.25) is 5.02 Å². The Morgan fingerprint density at radius 3 is 2.94 bits per heavy atom. The Bertz CT molecular complexity index is 447. The van der Waals surface area contributed by atoms with Crippen molar-refractivity contribution in [1.29, 1.82) is 0 Å². The van der Waals surface area contributed by atoms with Crippen molar-refractivity contribution in [3.63, 3.8) is 0 Å². The predicted octanol–water partition coefficient (Wildman–Crippen LogP) is 1.74. The molecule has 1 atom stereocenters. The molecule has 1 aliphatic heterocycles. The summed E-state index contributed by atoms with van der Waals surface area (Å²) in [7, 11) is 0. The average Bonchev–Trinajstić information content (AvgIpc) is 2.57. The SMILES string of the molecule is CC1CC(=O)N(C(=O)c2cc(Cl)ccn2)C1. The lowest BCUT2D eigenvalue weighted by atomic mass is 10.2. The summed E-state index contributed by atoms with van der Waals surface area (Å²) in [5, 5.41) is 0.443. The van der Waals surface area contributed by atoms with Gasteiger partial charge >= 0.3 is 0 Å². The maximum Gasteiger partial charge on any atom is 0.279 e. The summed E-state index contributed by atoms with van der Waals surface area (Å²) in [5.41, 5.74) is 0.218. The fourth-order valence-corrected chi connectivity index (χ4v) is 1.90. The maximum atomic E-state index is 11.9. The van der Waals surface area contributed by atoms with Crippen LogP contribution in [0, 0.1) is 5.92 Å². The Morgan fingerprint density at radius 1 is 1.62 bits per heavy atom. The summed E-state index contributed by atoms with van der Waals surface area (Å²) < 4.78 is 0. The minimum absolute atomic E-state index is 0.140. The number of halogens is 1. The van der Waals surface area contributed by atoms with Crippen LogP contribution in [0.1, 0.15) is 23.8 Å². The molecule has 2 rings (SSSR count). The monoisotopic (exact) mass is 238 g/mol. The highest BCUT2D eigenvalue weighted by Crippen LogP contribution is 2.19. The highest BCUT2D eigenvalue weighted by molar-refractivity contribution is 6.30. The fraction of sp³-hybridized carbons (Fsp3) is 0.364. The molecule has 0 bridgehead atoms. The standard InChI is InChI=1S/C11H11ClN2O2/c1-7-4-10(15)14(6-7)11(16)9-5-8(12)2-3-13-9/h2-3,5,7H,4,6H2,1H3. The lowest BCUT2D eigenvalue weighted by molar-refractivity contribution is -0.125. The summed E-state index contributed by atoms with van der Waals surface area (Å²) in [4.78, 5) is 28.6. The van der Waals surface area contributed by atoms with E-state index in [-0.39, 0.29) is 23.4 Å². The van der Waals surface area contributed by atoms with Gasteiger partial charge in [-0.25, -0.2) is 0 Å². The zero-order valence-electron chi connectivity index (χ0n) is 8.81. The minimum atomic E-state index is -0.364. The number of nitrogens with zero attached hydrogens (tertiary/aromatic N) is 2. The predicted molar refractivity (Wildman–Crippen MR) is 59.1 cm³/mol. The van der Waals surface area contributed by atoms with E-state index in [4.69, 9.17) is 11.6 Å². The van der Waals surface area contributed by atoms with Crippen molar-refractivity contribution in [2.24, 2.45) is 5.92 Å². The lowest BCUT2D eigenvalue weighted by Gasteiger charge is -2.13. The molecule has 1 fully saturated rings. The number of carbonyl (C=O) groups excluding carboxylic acids is 2. The minimum Gasteiger partial charge on any atom is -0.277 e. The van der Waals surface area contributed by atoms with Crippen molar-refractivity contribution in [2.75, 3.05) is 6.54 Å². The van der Waals surface area contributed by atoms with Gasteiger partial charge in [-0.1, -0.05) is 18.5 Å². The number of carbonyl (C=O) groups is 2. The van der Waals surface area contributed by atoms with Gasteiger partial charge in [-0.05, 0) is 18.1 Å². The van der Waals surface area contributed by atoms with Gasteiger partial charge in [-0.15, -0.1) is 0 Å². The molecule has 4 nitrogen and oxygen atoms in total. The molecule has 0 radical (unpaired) electrons. The van der Waals surface area contributed by atoms with Gasteiger partial charge in [0.15, 0.2) is 0 Å². The number of hydrogen-bond acceptors (Lipinski definition) is 3. The highest BCUT2D eigenvalue weighted by Gasteiger charge is 2.32. The van der Waals surface area contributed by atoms with Gasteiger partial charge in [-0.3, -0.25) is 19.5 Å². The van der Waals surface area contributed by atoms with Crippen molar-refractivity contribution in [2.45, 2.75) is 13.3 Å². The van der Waals surface area contributed by atoms with Crippen molar-refractivity contribution < 1.29 is 9.59 Å².